The van der Waals surface area contributed by atoms with Crippen LogP contribution in [0, 0.1) is 40.9 Å². The third kappa shape index (κ3) is 1.42. The quantitative estimate of drug-likeness (QED) is 0.782. The summed E-state index contributed by atoms with van der Waals surface area (Å²) in [6.07, 6.45) is 6.70. The minimum Gasteiger partial charge on any atom is -0.343 e. The minimum absolute atomic E-state index is 0.00411. The van der Waals surface area contributed by atoms with Gasteiger partial charge in [-0.05, 0) is 56.3 Å². The van der Waals surface area contributed by atoms with Crippen LogP contribution in [-0.4, -0.2) is 30.6 Å². The Morgan fingerprint density at radius 1 is 1.05 bits per heavy atom. The molecule has 0 radical (unpaired) electrons. The molecule has 4 nitrogen and oxygen atoms in total. The number of Topliss-reactive ketones (excluding diaryl/α,β-unsaturated/α-hetero) is 2. The van der Waals surface area contributed by atoms with Gasteiger partial charge in [-0.15, -0.1) is 0 Å². The van der Waals surface area contributed by atoms with E-state index in [2.05, 4.69) is 0 Å². The second-order valence-electron chi connectivity index (χ2n) is 8.93. The molecule has 0 unspecified atom stereocenters. The van der Waals surface area contributed by atoms with E-state index in [-0.39, 0.29) is 35.1 Å². The second kappa shape index (κ2) is 3.84. The fourth-order valence-electron chi connectivity index (χ4n) is 7.20. The molecule has 7 rings (SSSR count). The summed E-state index contributed by atoms with van der Waals surface area (Å²) in [6.45, 7) is 0.502. The summed E-state index contributed by atoms with van der Waals surface area (Å²) in [7, 11) is 0. The van der Waals surface area contributed by atoms with E-state index in [9.17, 15) is 9.59 Å². The van der Waals surface area contributed by atoms with Gasteiger partial charge in [0.05, 0.1) is 12.7 Å². The topological polar surface area (TPSA) is 52.6 Å². The Balaban J connectivity index is 1.31. The molecule has 5 saturated carbocycles. The lowest BCUT2D eigenvalue weighted by Crippen LogP contribution is -2.50. The predicted octanol–water partition coefficient (Wildman–Crippen LogP) is 1.96. The molecule has 6 bridgehead atoms. The molecule has 0 spiro atoms. The lowest BCUT2D eigenvalue weighted by Gasteiger charge is -2.56. The Kier molecular flexibility index (Phi) is 2.21. The highest BCUT2D eigenvalue weighted by atomic mass is 16.7. The molecule has 7 aliphatic rings. The standard InChI is InChI=1S/C18H22O4/c19-15-13-12(11-7-21-17(15)22-11)14(13)16(20)18-4-8-1-9(5-18)3-10(2-8)6-18/h8-14,17H,1-7H2/t8?,9?,10?,11-,12-,13+,14+,17+,18?/m1/s1. The van der Waals surface area contributed by atoms with Crippen LogP contribution in [0.25, 0.3) is 0 Å². The smallest absolute Gasteiger partial charge is 0.218 e. The average Bonchev–Trinajstić information content (AvgIpc) is 3.07. The monoisotopic (exact) mass is 302 g/mol. The molecule has 2 saturated heterocycles. The van der Waals surface area contributed by atoms with Crippen LogP contribution in [0.1, 0.15) is 38.5 Å². The van der Waals surface area contributed by atoms with Crippen LogP contribution in [0.3, 0.4) is 0 Å². The van der Waals surface area contributed by atoms with Crippen LogP contribution in [0.15, 0.2) is 0 Å². The number of ether oxygens (including phenoxy) is 2. The van der Waals surface area contributed by atoms with Crippen LogP contribution in [-0.2, 0) is 19.1 Å². The Morgan fingerprint density at radius 2 is 1.68 bits per heavy atom. The summed E-state index contributed by atoms with van der Waals surface area (Å²) in [5.74, 6) is 2.84. The third-order valence-corrected chi connectivity index (χ3v) is 7.64. The highest BCUT2D eigenvalue weighted by Crippen LogP contribution is 2.65. The number of carbonyl (C=O) groups is 2. The molecule has 0 aromatic heterocycles. The summed E-state index contributed by atoms with van der Waals surface area (Å²) >= 11 is 0. The molecular formula is C18H22O4. The molecule has 22 heavy (non-hydrogen) atoms. The number of rotatable bonds is 2. The van der Waals surface area contributed by atoms with Crippen LogP contribution in [0.4, 0.5) is 0 Å². The Hall–Kier alpha value is -0.740. The molecule has 118 valence electrons. The molecule has 5 aliphatic carbocycles. The lowest BCUT2D eigenvalue weighted by molar-refractivity contribution is -0.154. The van der Waals surface area contributed by atoms with E-state index < -0.39 is 6.29 Å². The molecule has 2 heterocycles. The highest BCUT2D eigenvalue weighted by molar-refractivity contribution is 6.00. The predicted molar refractivity (Wildman–Crippen MR) is 75.7 cm³/mol. The van der Waals surface area contributed by atoms with E-state index in [4.69, 9.17) is 9.47 Å². The zero-order chi connectivity index (χ0) is 14.6. The van der Waals surface area contributed by atoms with Gasteiger partial charge >= 0.3 is 0 Å². The van der Waals surface area contributed by atoms with Crippen molar-refractivity contribution >= 4 is 11.6 Å². The maximum atomic E-state index is 13.4. The first-order valence-electron chi connectivity index (χ1n) is 9.00. The van der Waals surface area contributed by atoms with E-state index in [1.807, 2.05) is 0 Å². The molecular weight excluding hydrogens is 280 g/mol. The van der Waals surface area contributed by atoms with Crippen molar-refractivity contribution in [2.24, 2.45) is 40.9 Å². The lowest BCUT2D eigenvalue weighted by atomic mass is 9.48. The van der Waals surface area contributed by atoms with Gasteiger partial charge in [0.1, 0.15) is 5.78 Å². The van der Waals surface area contributed by atoms with Crippen LogP contribution >= 0.6 is 0 Å². The zero-order valence-corrected chi connectivity index (χ0v) is 12.7. The van der Waals surface area contributed by atoms with E-state index >= 15 is 0 Å². The Labute approximate surface area is 129 Å². The van der Waals surface area contributed by atoms with Crippen molar-refractivity contribution in [3.05, 3.63) is 0 Å². The summed E-state index contributed by atoms with van der Waals surface area (Å²) in [5.41, 5.74) is -0.0723. The van der Waals surface area contributed by atoms with E-state index in [0.717, 1.165) is 37.0 Å². The van der Waals surface area contributed by atoms with Gasteiger partial charge in [-0.1, -0.05) is 0 Å². The van der Waals surface area contributed by atoms with Gasteiger partial charge in [0.25, 0.3) is 0 Å². The molecule has 5 atom stereocenters. The van der Waals surface area contributed by atoms with Crippen molar-refractivity contribution in [3.63, 3.8) is 0 Å². The van der Waals surface area contributed by atoms with Crippen molar-refractivity contribution in [1.82, 2.24) is 0 Å². The number of hydrogen-bond acceptors (Lipinski definition) is 4. The number of hydrogen-bond donors (Lipinski definition) is 0. The first kappa shape index (κ1) is 12.7. The molecule has 2 aliphatic heterocycles. The molecule has 0 N–H and O–H groups in total. The number of carbonyl (C=O) groups excluding carboxylic acids is 2. The maximum absolute atomic E-state index is 13.4. The first-order valence-corrected chi connectivity index (χ1v) is 9.00. The van der Waals surface area contributed by atoms with Gasteiger partial charge in [0, 0.05) is 23.2 Å². The Morgan fingerprint density at radius 3 is 2.32 bits per heavy atom. The molecule has 0 amide bonds. The minimum atomic E-state index is -0.666. The van der Waals surface area contributed by atoms with E-state index in [1.165, 1.54) is 19.3 Å². The van der Waals surface area contributed by atoms with Crippen LogP contribution in [0.5, 0.6) is 0 Å². The van der Waals surface area contributed by atoms with Crippen molar-refractivity contribution in [2.45, 2.75) is 50.9 Å². The fourth-order valence-corrected chi connectivity index (χ4v) is 7.20. The molecule has 0 aromatic carbocycles. The number of ketones is 2. The first-order chi connectivity index (χ1) is 10.6. The van der Waals surface area contributed by atoms with E-state index in [1.54, 1.807) is 0 Å². The number of fused-ring (bicyclic) bond motifs is 4. The van der Waals surface area contributed by atoms with Crippen LogP contribution < -0.4 is 0 Å². The summed E-state index contributed by atoms with van der Waals surface area (Å²) in [6, 6.07) is 0. The van der Waals surface area contributed by atoms with Gasteiger partial charge in [0.15, 0.2) is 5.78 Å². The van der Waals surface area contributed by atoms with Gasteiger partial charge in [-0.25, -0.2) is 0 Å². The third-order valence-electron chi connectivity index (χ3n) is 7.64. The normalized spacial score (nSPS) is 60.5. The van der Waals surface area contributed by atoms with Crippen molar-refractivity contribution in [1.29, 1.82) is 0 Å². The molecule has 4 heteroatoms. The Bertz CT molecular complexity index is 546. The summed E-state index contributed by atoms with van der Waals surface area (Å²) < 4.78 is 11.0. The van der Waals surface area contributed by atoms with Crippen LogP contribution in [0.2, 0.25) is 0 Å². The SMILES string of the molecule is O=C1[C@H]2OC[C@@H](O2)[C@@H]2[C@H]1[C@H]2C(=O)C12CC3CC(CC(C3)C1)C2. The summed E-state index contributed by atoms with van der Waals surface area (Å²) in [4.78, 5) is 25.8. The average molecular weight is 302 g/mol. The molecule has 7 fully saturated rings. The maximum Gasteiger partial charge on any atom is 0.218 e. The van der Waals surface area contributed by atoms with Gasteiger partial charge < -0.3 is 9.47 Å². The molecule has 0 aromatic rings. The highest BCUT2D eigenvalue weighted by Gasteiger charge is 2.71. The van der Waals surface area contributed by atoms with Crippen molar-refractivity contribution in [3.8, 4) is 0 Å². The van der Waals surface area contributed by atoms with Gasteiger partial charge in [0.2, 0.25) is 6.29 Å². The fraction of sp³-hybridized carbons (Fsp3) is 0.889. The summed E-state index contributed by atoms with van der Waals surface area (Å²) in [5, 5.41) is 0. The van der Waals surface area contributed by atoms with Gasteiger partial charge in [-0.2, -0.15) is 0 Å². The van der Waals surface area contributed by atoms with Gasteiger partial charge in [-0.3, -0.25) is 9.59 Å². The second-order valence-corrected chi connectivity index (χ2v) is 8.93. The van der Waals surface area contributed by atoms with Crippen molar-refractivity contribution < 1.29 is 19.1 Å². The van der Waals surface area contributed by atoms with E-state index in [0.29, 0.717) is 12.4 Å². The largest absolute Gasteiger partial charge is 0.343 e. The zero-order valence-electron chi connectivity index (χ0n) is 12.7. The van der Waals surface area contributed by atoms with Crippen molar-refractivity contribution in [2.75, 3.05) is 6.61 Å².